The number of rotatable bonds is 4. The van der Waals surface area contributed by atoms with Crippen LogP contribution in [0.5, 0.6) is 5.75 Å². The number of carbonyl (C=O) groups excluding carboxylic acids is 1. The third-order valence-corrected chi connectivity index (χ3v) is 2.36. The van der Waals surface area contributed by atoms with E-state index >= 15 is 0 Å². The van der Waals surface area contributed by atoms with E-state index in [9.17, 15) is 9.18 Å². The lowest BCUT2D eigenvalue weighted by atomic mass is 10.1. The number of alkyl halides is 1. The lowest BCUT2D eigenvalue weighted by molar-refractivity contribution is 0.0495. The van der Waals surface area contributed by atoms with Crippen molar-refractivity contribution in [2.75, 3.05) is 13.8 Å². The molecule has 0 aliphatic rings. The summed E-state index contributed by atoms with van der Waals surface area (Å²) in [6.07, 6.45) is -0.633. The van der Waals surface area contributed by atoms with Gasteiger partial charge in [-0.15, -0.1) is 0 Å². The molecule has 1 unspecified atom stereocenters. The third kappa shape index (κ3) is 5.16. The predicted octanol–water partition coefficient (Wildman–Crippen LogP) is 3.23. The van der Waals surface area contributed by atoms with Crippen LogP contribution in [0.4, 0.5) is 9.18 Å². The number of hydrogen-bond acceptors (Lipinski definition) is 3. The van der Waals surface area contributed by atoms with Crippen molar-refractivity contribution in [2.24, 2.45) is 0 Å². The van der Waals surface area contributed by atoms with E-state index in [1.165, 1.54) is 0 Å². The number of alkyl carbamates (subject to hydrolysis) is 1. The Bertz CT molecular complexity index is 412. The molecule has 106 valence electrons. The number of methoxy groups -OCH3 is 1. The number of benzene rings is 1. The van der Waals surface area contributed by atoms with Gasteiger partial charge in [0.25, 0.3) is 0 Å². The summed E-state index contributed by atoms with van der Waals surface area (Å²) in [6.45, 7) is 4.56. The maximum Gasteiger partial charge on any atom is 0.408 e. The summed E-state index contributed by atoms with van der Waals surface area (Å²) in [5.74, 6) is 0.679. The Hall–Kier alpha value is -1.78. The Labute approximate surface area is 112 Å². The van der Waals surface area contributed by atoms with E-state index in [0.717, 1.165) is 0 Å². The third-order valence-electron chi connectivity index (χ3n) is 2.36. The van der Waals surface area contributed by atoms with E-state index in [1.807, 2.05) is 0 Å². The van der Waals surface area contributed by atoms with Crippen LogP contribution >= 0.6 is 0 Å². The van der Waals surface area contributed by atoms with Crippen molar-refractivity contribution in [2.45, 2.75) is 32.4 Å². The average Bonchev–Trinajstić information content (AvgIpc) is 2.34. The fourth-order valence-corrected chi connectivity index (χ4v) is 1.50. The topological polar surface area (TPSA) is 47.6 Å². The number of hydrogen-bond donors (Lipinski definition) is 1. The molecule has 1 rings (SSSR count). The molecule has 19 heavy (non-hydrogen) atoms. The normalized spacial score (nSPS) is 12.7. The quantitative estimate of drug-likeness (QED) is 0.912. The van der Waals surface area contributed by atoms with E-state index < -0.39 is 24.4 Å². The van der Waals surface area contributed by atoms with E-state index in [-0.39, 0.29) is 0 Å². The Morgan fingerprint density at radius 1 is 1.32 bits per heavy atom. The van der Waals surface area contributed by atoms with Gasteiger partial charge in [0.2, 0.25) is 0 Å². The molecule has 1 N–H and O–H groups in total. The van der Waals surface area contributed by atoms with Gasteiger partial charge in [-0.05, 0) is 38.5 Å². The van der Waals surface area contributed by atoms with Crippen LogP contribution in [-0.4, -0.2) is 25.5 Å². The zero-order chi connectivity index (χ0) is 14.5. The van der Waals surface area contributed by atoms with Crippen molar-refractivity contribution >= 4 is 6.09 Å². The fourth-order valence-electron chi connectivity index (χ4n) is 1.50. The summed E-state index contributed by atoms with van der Waals surface area (Å²) in [6, 6.07) is 6.13. The second-order valence-electron chi connectivity index (χ2n) is 5.13. The van der Waals surface area contributed by atoms with Crippen LogP contribution in [0.2, 0.25) is 0 Å². The molecule has 0 aromatic heterocycles. The SMILES string of the molecule is COc1ccc(C(CF)NC(=O)OC(C)(C)C)cc1. The van der Waals surface area contributed by atoms with Gasteiger partial charge in [-0.3, -0.25) is 0 Å². The zero-order valence-corrected chi connectivity index (χ0v) is 11.7. The summed E-state index contributed by atoms with van der Waals surface area (Å²) in [5, 5.41) is 2.50. The van der Waals surface area contributed by atoms with Crippen LogP contribution in [0.15, 0.2) is 24.3 Å². The van der Waals surface area contributed by atoms with Crippen LogP contribution in [0, 0.1) is 0 Å². The lowest BCUT2D eigenvalue weighted by Gasteiger charge is -2.22. The minimum Gasteiger partial charge on any atom is -0.497 e. The zero-order valence-electron chi connectivity index (χ0n) is 11.7. The van der Waals surface area contributed by atoms with Gasteiger partial charge in [0.15, 0.2) is 0 Å². The first-order valence-corrected chi connectivity index (χ1v) is 6.05. The summed E-state index contributed by atoms with van der Waals surface area (Å²) in [7, 11) is 1.56. The molecular formula is C14H20FNO3. The molecule has 0 saturated carbocycles. The molecule has 0 radical (unpaired) electrons. The summed E-state index contributed by atoms with van der Waals surface area (Å²) in [5.41, 5.74) is 0.0550. The van der Waals surface area contributed by atoms with Gasteiger partial charge in [0.05, 0.1) is 13.2 Å². The first-order valence-electron chi connectivity index (χ1n) is 6.05. The van der Waals surface area contributed by atoms with Gasteiger partial charge >= 0.3 is 6.09 Å². The number of nitrogens with one attached hydrogen (secondary N) is 1. The lowest BCUT2D eigenvalue weighted by Crippen LogP contribution is -2.35. The summed E-state index contributed by atoms with van der Waals surface area (Å²) in [4.78, 5) is 11.6. The monoisotopic (exact) mass is 269 g/mol. The molecule has 0 bridgehead atoms. The second-order valence-corrected chi connectivity index (χ2v) is 5.13. The minimum atomic E-state index is -0.722. The molecule has 5 heteroatoms. The molecule has 0 saturated heterocycles. The van der Waals surface area contributed by atoms with Gasteiger partial charge in [0.1, 0.15) is 18.0 Å². The van der Waals surface area contributed by atoms with Crippen molar-refractivity contribution < 1.29 is 18.7 Å². The van der Waals surface area contributed by atoms with Crippen molar-refractivity contribution in [1.29, 1.82) is 0 Å². The number of halogens is 1. The molecule has 0 heterocycles. The van der Waals surface area contributed by atoms with Crippen molar-refractivity contribution in [3.05, 3.63) is 29.8 Å². The average molecular weight is 269 g/mol. The molecule has 0 aliphatic carbocycles. The maximum atomic E-state index is 13.0. The van der Waals surface area contributed by atoms with Crippen LogP contribution in [0.3, 0.4) is 0 Å². The van der Waals surface area contributed by atoms with Gasteiger partial charge in [-0.2, -0.15) is 0 Å². The number of carbonyl (C=O) groups is 1. The molecule has 1 aromatic rings. The number of ether oxygens (including phenoxy) is 2. The largest absolute Gasteiger partial charge is 0.497 e. The Kier molecular flexibility index (Phi) is 5.15. The summed E-state index contributed by atoms with van der Waals surface area (Å²) < 4.78 is 23.1. The van der Waals surface area contributed by atoms with Gasteiger partial charge in [0, 0.05) is 0 Å². The highest BCUT2D eigenvalue weighted by atomic mass is 19.1. The minimum absolute atomic E-state index is 0.606. The van der Waals surface area contributed by atoms with Crippen LogP contribution < -0.4 is 10.1 Å². The molecule has 4 nitrogen and oxygen atoms in total. The molecule has 1 amide bonds. The van der Waals surface area contributed by atoms with Gasteiger partial charge < -0.3 is 14.8 Å². The highest BCUT2D eigenvalue weighted by Gasteiger charge is 2.20. The van der Waals surface area contributed by atoms with E-state index in [4.69, 9.17) is 9.47 Å². The predicted molar refractivity (Wildman–Crippen MR) is 71.1 cm³/mol. The molecule has 0 aliphatic heterocycles. The Morgan fingerprint density at radius 3 is 2.32 bits per heavy atom. The highest BCUT2D eigenvalue weighted by molar-refractivity contribution is 5.68. The van der Waals surface area contributed by atoms with E-state index in [2.05, 4.69) is 5.32 Å². The molecule has 1 atom stereocenters. The first kappa shape index (κ1) is 15.3. The fraction of sp³-hybridized carbons (Fsp3) is 0.500. The summed E-state index contributed by atoms with van der Waals surface area (Å²) >= 11 is 0. The van der Waals surface area contributed by atoms with Crippen LogP contribution in [-0.2, 0) is 4.74 Å². The molecular weight excluding hydrogens is 249 g/mol. The smallest absolute Gasteiger partial charge is 0.408 e. The van der Waals surface area contributed by atoms with E-state index in [0.29, 0.717) is 11.3 Å². The number of amides is 1. The Morgan fingerprint density at radius 2 is 1.89 bits per heavy atom. The van der Waals surface area contributed by atoms with E-state index in [1.54, 1.807) is 52.1 Å². The maximum absolute atomic E-state index is 13.0. The standard InChI is InChI=1S/C14H20FNO3/c1-14(2,3)19-13(17)16-12(9-15)10-5-7-11(18-4)8-6-10/h5-8,12H,9H2,1-4H3,(H,16,17). The molecule has 1 aromatic carbocycles. The van der Waals surface area contributed by atoms with Crippen molar-refractivity contribution in [3.8, 4) is 5.75 Å². The van der Waals surface area contributed by atoms with Gasteiger partial charge in [-0.25, -0.2) is 9.18 Å². The highest BCUT2D eigenvalue weighted by Crippen LogP contribution is 2.19. The van der Waals surface area contributed by atoms with Crippen molar-refractivity contribution in [1.82, 2.24) is 5.32 Å². The second kappa shape index (κ2) is 6.41. The van der Waals surface area contributed by atoms with Crippen molar-refractivity contribution in [3.63, 3.8) is 0 Å². The first-order chi connectivity index (χ1) is 8.85. The van der Waals surface area contributed by atoms with Crippen LogP contribution in [0.25, 0.3) is 0 Å². The Balaban J connectivity index is 2.69. The molecule has 0 spiro atoms. The van der Waals surface area contributed by atoms with Gasteiger partial charge in [-0.1, -0.05) is 12.1 Å². The van der Waals surface area contributed by atoms with Crippen LogP contribution in [0.1, 0.15) is 32.4 Å². The molecule has 0 fully saturated rings.